The quantitative estimate of drug-likeness (QED) is 0.665. The van der Waals surface area contributed by atoms with E-state index >= 15 is 0 Å². The first-order valence-corrected chi connectivity index (χ1v) is 6.07. The number of carboxylic acid groups (broad SMARTS) is 1. The molecule has 0 aromatic heterocycles. The maximum atomic E-state index is 11.9. The van der Waals surface area contributed by atoms with Crippen LogP contribution in [0, 0.1) is 11.8 Å². The van der Waals surface area contributed by atoms with Crippen LogP contribution in [0.15, 0.2) is 0 Å². The lowest BCUT2D eigenvalue weighted by Gasteiger charge is -2.28. The zero-order valence-corrected chi connectivity index (χ0v) is 10.4. The first-order valence-electron chi connectivity index (χ1n) is 6.07. The van der Waals surface area contributed by atoms with Crippen LogP contribution >= 0.6 is 0 Å². The number of carbonyl (C=O) groups excluding carboxylic acids is 1. The van der Waals surface area contributed by atoms with Crippen molar-refractivity contribution in [3.05, 3.63) is 0 Å². The summed E-state index contributed by atoms with van der Waals surface area (Å²) in [6.07, 6.45) is 2.24. The van der Waals surface area contributed by atoms with Crippen molar-refractivity contribution in [2.24, 2.45) is 11.8 Å². The largest absolute Gasteiger partial charge is 0.481 e. The van der Waals surface area contributed by atoms with E-state index in [4.69, 9.17) is 5.11 Å². The molecule has 1 saturated carbocycles. The molecule has 0 aromatic rings. The van der Waals surface area contributed by atoms with Crippen molar-refractivity contribution < 1.29 is 19.8 Å². The van der Waals surface area contributed by atoms with Crippen molar-refractivity contribution in [3.63, 3.8) is 0 Å². The number of hydrogen-bond donors (Lipinski definition) is 3. The van der Waals surface area contributed by atoms with Crippen LogP contribution < -0.4 is 5.32 Å². The van der Waals surface area contributed by atoms with Crippen LogP contribution in [0.2, 0.25) is 0 Å². The molecule has 1 aliphatic rings. The molecular weight excluding hydrogens is 222 g/mol. The third-order valence-corrected chi connectivity index (χ3v) is 3.71. The van der Waals surface area contributed by atoms with Gasteiger partial charge in [0.1, 0.15) is 0 Å². The summed E-state index contributed by atoms with van der Waals surface area (Å²) in [7, 11) is 0. The van der Waals surface area contributed by atoms with E-state index < -0.39 is 17.4 Å². The molecule has 17 heavy (non-hydrogen) atoms. The molecule has 5 heteroatoms. The molecule has 0 bridgehead atoms. The number of hydrogen-bond acceptors (Lipinski definition) is 3. The zero-order valence-electron chi connectivity index (χ0n) is 10.4. The third-order valence-electron chi connectivity index (χ3n) is 3.71. The number of amides is 1. The Morgan fingerprint density at radius 2 is 1.94 bits per heavy atom. The molecule has 3 atom stereocenters. The highest BCUT2D eigenvalue weighted by atomic mass is 16.4. The van der Waals surface area contributed by atoms with Gasteiger partial charge >= 0.3 is 5.97 Å². The number of rotatable bonds is 5. The normalized spacial score (nSPS) is 27.5. The Bertz CT molecular complexity index is 299. The zero-order chi connectivity index (χ0) is 13.1. The Balaban J connectivity index is 2.52. The Labute approximate surface area is 101 Å². The molecule has 1 aliphatic carbocycles. The molecule has 0 aromatic carbocycles. The first-order chi connectivity index (χ1) is 7.91. The number of carboxylic acids is 1. The fourth-order valence-electron chi connectivity index (χ4n) is 2.08. The summed E-state index contributed by atoms with van der Waals surface area (Å²) < 4.78 is 0. The van der Waals surface area contributed by atoms with Crippen LogP contribution in [0.1, 0.15) is 39.5 Å². The first kappa shape index (κ1) is 14.0. The minimum absolute atomic E-state index is 0.107. The fraction of sp³-hybridized carbons (Fsp3) is 0.833. The van der Waals surface area contributed by atoms with Gasteiger partial charge in [0.05, 0.1) is 18.1 Å². The van der Waals surface area contributed by atoms with Crippen LogP contribution in [0.25, 0.3) is 0 Å². The second kappa shape index (κ2) is 5.49. The molecule has 0 radical (unpaired) electrons. The minimum Gasteiger partial charge on any atom is -0.481 e. The molecule has 5 nitrogen and oxygen atoms in total. The summed E-state index contributed by atoms with van der Waals surface area (Å²) in [6.45, 7) is 3.57. The highest BCUT2D eigenvalue weighted by molar-refractivity contribution is 5.81. The lowest BCUT2D eigenvalue weighted by Crippen LogP contribution is -2.50. The molecule has 1 rings (SSSR count). The molecule has 0 heterocycles. The van der Waals surface area contributed by atoms with Crippen molar-refractivity contribution in [1.82, 2.24) is 5.32 Å². The molecule has 98 valence electrons. The third kappa shape index (κ3) is 3.43. The smallest absolute Gasteiger partial charge is 0.306 e. The van der Waals surface area contributed by atoms with Crippen molar-refractivity contribution >= 4 is 11.9 Å². The van der Waals surface area contributed by atoms with Crippen molar-refractivity contribution in [2.75, 3.05) is 6.61 Å². The fourth-order valence-corrected chi connectivity index (χ4v) is 2.08. The standard InChI is InChI=1S/C12H21NO4/c1-3-12(2,7-14)13-10(15)8-4-5-9(6-8)11(16)17/h8-9,14H,3-7H2,1-2H3,(H,13,15)(H,16,17)/t8-,9+,12?/m1/s1. The number of aliphatic hydroxyl groups excluding tert-OH is 1. The number of carbonyl (C=O) groups is 2. The Morgan fingerprint density at radius 1 is 1.35 bits per heavy atom. The van der Waals surface area contributed by atoms with E-state index in [0.29, 0.717) is 25.7 Å². The van der Waals surface area contributed by atoms with E-state index in [9.17, 15) is 14.7 Å². The summed E-state index contributed by atoms with van der Waals surface area (Å²) in [6, 6.07) is 0. The van der Waals surface area contributed by atoms with Crippen LogP contribution in [-0.4, -0.2) is 34.2 Å². The van der Waals surface area contributed by atoms with Crippen LogP contribution in [0.5, 0.6) is 0 Å². The van der Waals surface area contributed by atoms with Crippen molar-refractivity contribution in [1.29, 1.82) is 0 Å². The molecule has 1 fully saturated rings. The van der Waals surface area contributed by atoms with Gasteiger partial charge < -0.3 is 15.5 Å². The van der Waals surface area contributed by atoms with E-state index in [2.05, 4.69) is 5.32 Å². The van der Waals surface area contributed by atoms with Crippen molar-refractivity contribution in [2.45, 2.75) is 45.1 Å². The lowest BCUT2D eigenvalue weighted by molar-refractivity contribution is -0.141. The van der Waals surface area contributed by atoms with Gasteiger partial charge in [0.25, 0.3) is 0 Å². The van der Waals surface area contributed by atoms with Gasteiger partial charge in [-0.05, 0) is 32.6 Å². The molecule has 1 amide bonds. The van der Waals surface area contributed by atoms with Gasteiger partial charge in [-0.1, -0.05) is 6.92 Å². The minimum atomic E-state index is -0.819. The average molecular weight is 243 g/mol. The van der Waals surface area contributed by atoms with E-state index in [1.807, 2.05) is 6.92 Å². The van der Waals surface area contributed by atoms with Gasteiger partial charge in [-0.2, -0.15) is 0 Å². The molecule has 0 aliphatic heterocycles. The Morgan fingerprint density at radius 3 is 2.35 bits per heavy atom. The van der Waals surface area contributed by atoms with Crippen LogP contribution in [0.3, 0.4) is 0 Å². The van der Waals surface area contributed by atoms with Gasteiger partial charge in [0.15, 0.2) is 0 Å². The second-order valence-corrected chi connectivity index (χ2v) is 5.11. The van der Waals surface area contributed by atoms with Gasteiger partial charge in [0, 0.05) is 5.92 Å². The van der Waals surface area contributed by atoms with E-state index in [0.717, 1.165) is 0 Å². The highest BCUT2D eigenvalue weighted by Crippen LogP contribution is 2.31. The van der Waals surface area contributed by atoms with Gasteiger partial charge in [0.2, 0.25) is 5.91 Å². The van der Waals surface area contributed by atoms with Gasteiger partial charge in [-0.25, -0.2) is 0 Å². The molecule has 3 N–H and O–H groups in total. The Hall–Kier alpha value is -1.10. The van der Waals surface area contributed by atoms with Crippen molar-refractivity contribution in [3.8, 4) is 0 Å². The molecule has 0 spiro atoms. The predicted molar refractivity (Wildman–Crippen MR) is 62.4 cm³/mol. The summed E-state index contributed by atoms with van der Waals surface area (Å²) >= 11 is 0. The van der Waals surface area contributed by atoms with E-state index in [1.54, 1.807) is 6.92 Å². The summed E-state index contributed by atoms with van der Waals surface area (Å²) in [5.74, 6) is -1.57. The maximum Gasteiger partial charge on any atom is 0.306 e. The summed E-state index contributed by atoms with van der Waals surface area (Å²) in [5, 5.41) is 20.9. The summed E-state index contributed by atoms with van der Waals surface area (Å²) in [4.78, 5) is 22.7. The molecule has 0 saturated heterocycles. The molecular formula is C12H21NO4. The second-order valence-electron chi connectivity index (χ2n) is 5.11. The van der Waals surface area contributed by atoms with Gasteiger partial charge in [-0.3, -0.25) is 9.59 Å². The van der Waals surface area contributed by atoms with Crippen LogP contribution in [-0.2, 0) is 9.59 Å². The SMILES string of the molecule is CCC(C)(CO)NC(=O)[C@@H]1CC[C@H](C(=O)O)C1. The highest BCUT2D eigenvalue weighted by Gasteiger charge is 2.36. The number of aliphatic hydroxyl groups is 1. The maximum absolute atomic E-state index is 11.9. The average Bonchev–Trinajstić information content (AvgIpc) is 2.78. The van der Waals surface area contributed by atoms with Crippen LogP contribution in [0.4, 0.5) is 0 Å². The number of nitrogens with one attached hydrogen (secondary N) is 1. The van der Waals surface area contributed by atoms with Gasteiger partial charge in [-0.15, -0.1) is 0 Å². The Kier molecular flexibility index (Phi) is 4.51. The topological polar surface area (TPSA) is 86.6 Å². The van der Waals surface area contributed by atoms with E-state index in [-0.39, 0.29) is 18.4 Å². The lowest BCUT2D eigenvalue weighted by atomic mass is 9.97. The number of aliphatic carboxylic acids is 1. The monoisotopic (exact) mass is 243 g/mol. The molecule has 1 unspecified atom stereocenters. The van der Waals surface area contributed by atoms with E-state index in [1.165, 1.54) is 0 Å². The predicted octanol–water partition coefficient (Wildman–Crippen LogP) is 0.764. The summed E-state index contributed by atoms with van der Waals surface area (Å²) in [5.41, 5.74) is -0.599.